The van der Waals surface area contributed by atoms with Gasteiger partial charge in [0.15, 0.2) is 9.84 Å². The van der Waals surface area contributed by atoms with Gasteiger partial charge in [-0.15, -0.1) is 0 Å². The minimum Gasteiger partial charge on any atom is -0.491 e. The van der Waals surface area contributed by atoms with Crippen LogP contribution in [0.15, 0.2) is 76.5 Å². The van der Waals surface area contributed by atoms with Gasteiger partial charge < -0.3 is 25.6 Å². The van der Waals surface area contributed by atoms with Crippen molar-refractivity contribution >= 4 is 30.6 Å². The largest absolute Gasteiger partial charge is 0.491 e. The number of aliphatic hydroxyl groups excluding tert-OH is 1. The lowest BCUT2D eigenvalue weighted by molar-refractivity contribution is -0.0312. The molecule has 5 rings (SSSR count). The van der Waals surface area contributed by atoms with Gasteiger partial charge in [0.05, 0.1) is 27.8 Å². The van der Waals surface area contributed by atoms with Crippen LogP contribution in [-0.2, 0) is 24.6 Å². The smallest absolute Gasteiger partial charge is 0.243 e. The van der Waals surface area contributed by atoms with Crippen LogP contribution in [0, 0.1) is 0 Å². The molecular formula is C29H37N3O7S2. The number of piperidine rings is 1. The zero-order chi connectivity index (χ0) is 29.1. The fourth-order valence-electron chi connectivity index (χ4n) is 5.52. The molecule has 4 N–H and O–H groups in total. The van der Waals surface area contributed by atoms with Gasteiger partial charge in [0.1, 0.15) is 18.5 Å². The van der Waals surface area contributed by atoms with E-state index in [-0.39, 0.29) is 42.0 Å². The Labute approximate surface area is 241 Å². The molecule has 3 aromatic rings. The van der Waals surface area contributed by atoms with Gasteiger partial charge in [0.25, 0.3) is 0 Å². The number of benzene rings is 3. The lowest BCUT2D eigenvalue weighted by Gasteiger charge is -2.38. The van der Waals surface area contributed by atoms with E-state index in [1.54, 1.807) is 28.6 Å². The quantitative estimate of drug-likeness (QED) is 0.299. The first-order chi connectivity index (χ1) is 19.6. The van der Waals surface area contributed by atoms with Crippen LogP contribution in [-0.4, -0.2) is 89.1 Å². The average molecular weight is 604 g/mol. The Morgan fingerprint density at radius 2 is 1.76 bits per heavy atom. The van der Waals surface area contributed by atoms with Crippen molar-refractivity contribution in [2.45, 2.75) is 46.8 Å². The highest BCUT2D eigenvalue weighted by Gasteiger charge is 2.44. The summed E-state index contributed by atoms with van der Waals surface area (Å²) in [7, 11) is -7.07. The van der Waals surface area contributed by atoms with Crippen LogP contribution in [0.2, 0.25) is 0 Å². The topological polar surface area (TPSA) is 148 Å². The molecule has 2 heterocycles. The van der Waals surface area contributed by atoms with E-state index in [1.165, 1.54) is 12.1 Å². The zero-order valence-corrected chi connectivity index (χ0v) is 24.4. The number of ether oxygens (including phenoxy) is 2. The van der Waals surface area contributed by atoms with E-state index in [0.29, 0.717) is 43.2 Å². The summed E-state index contributed by atoms with van der Waals surface area (Å²) < 4.78 is 64.5. The molecule has 2 fully saturated rings. The second kappa shape index (κ2) is 12.3. The van der Waals surface area contributed by atoms with Gasteiger partial charge >= 0.3 is 0 Å². The number of hydrogen-bond donors (Lipinski definition) is 3. The van der Waals surface area contributed by atoms with Crippen molar-refractivity contribution in [2.24, 2.45) is 5.73 Å². The molecule has 2 unspecified atom stereocenters. The zero-order valence-electron chi connectivity index (χ0n) is 22.8. The van der Waals surface area contributed by atoms with Crippen LogP contribution < -0.4 is 15.8 Å². The van der Waals surface area contributed by atoms with Gasteiger partial charge in [-0.1, -0.05) is 36.4 Å². The lowest BCUT2D eigenvalue weighted by atomic mass is 9.88. The van der Waals surface area contributed by atoms with Gasteiger partial charge in [-0.2, -0.15) is 4.31 Å². The molecule has 0 radical (unpaired) electrons. The van der Waals surface area contributed by atoms with Crippen molar-refractivity contribution in [3.63, 3.8) is 0 Å². The number of nitrogens with zero attached hydrogens (tertiary/aromatic N) is 1. The number of hydrogen-bond acceptors (Lipinski definition) is 9. The first-order valence-electron chi connectivity index (χ1n) is 13.8. The second-order valence-corrected chi connectivity index (χ2v) is 14.8. The maximum absolute atomic E-state index is 13.3. The fraction of sp³-hybridized carbons (Fsp3) is 0.448. The van der Waals surface area contributed by atoms with E-state index >= 15 is 0 Å². The summed E-state index contributed by atoms with van der Waals surface area (Å²) in [5.41, 5.74) is 5.01. The molecule has 0 aliphatic carbocycles. The molecular weight excluding hydrogens is 566 g/mol. The first kappa shape index (κ1) is 29.9. The Balaban J connectivity index is 1.09. The monoisotopic (exact) mass is 603 g/mol. The molecule has 41 heavy (non-hydrogen) atoms. The number of nitrogens with two attached hydrogens (primary N) is 1. The minimum absolute atomic E-state index is 0.00625. The summed E-state index contributed by atoms with van der Waals surface area (Å²) in [6.07, 6.45) is 1.12. The third-order valence-electron chi connectivity index (χ3n) is 7.84. The molecule has 2 aliphatic rings. The number of rotatable bonds is 11. The third kappa shape index (κ3) is 6.91. The van der Waals surface area contributed by atoms with E-state index in [1.807, 2.05) is 30.3 Å². The Hall–Kier alpha value is -2.58. The average Bonchev–Trinajstić information content (AvgIpc) is 3.37. The summed E-state index contributed by atoms with van der Waals surface area (Å²) >= 11 is 0. The molecule has 0 bridgehead atoms. The molecule has 0 saturated carbocycles. The maximum atomic E-state index is 13.3. The normalized spacial score (nSPS) is 20.4. The fourth-order valence-corrected chi connectivity index (χ4v) is 8.12. The Bertz CT molecular complexity index is 1570. The molecule has 0 amide bonds. The molecule has 2 atom stereocenters. The van der Waals surface area contributed by atoms with Crippen molar-refractivity contribution in [1.29, 1.82) is 0 Å². The van der Waals surface area contributed by atoms with Gasteiger partial charge in [0.2, 0.25) is 10.0 Å². The SMILES string of the molecule is NCCS(=O)(=O)c1cccc(OCC(O)CNC2COC3(CCN(S(=O)(=O)c4ccc5ccccc5c4)CC3)C2)c1. The van der Waals surface area contributed by atoms with Gasteiger partial charge in [0, 0.05) is 32.2 Å². The number of aliphatic hydroxyl groups is 1. The van der Waals surface area contributed by atoms with Crippen molar-refractivity contribution in [1.82, 2.24) is 9.62 Å². The van der Waals surface area contributed by atoms with E-state index in [9.17, 15) is 21.9 Å². The summed E-state index contributed by atoms with van der Waals surface area (Å²) in [6, 6.07) is 19.1. The molecule has 3 aromatic carbocycles. The summed E-state index contributed by atoms with van der Waals surface area (Å²) in [4.78, 5) is 0.441. The highest BCUT2D eigenvalue weighted by atomic mass is 32.2. The predicted octanol–water partition coefficient (Wildman–Crippen LogP) is 1.91. The van der Waals surface area contributed by atoms with E-state index in [4.69, 9.17) is 15.2 Å². The van der Waals surface area contributed by atoms with Crippen LogP contribution in [0.25, 0.3) is 10.8 Å². The van der Waals surface area contributed by atoms with Crippen LogP contribution in [0.1, 0.15) is 19.3 Å². The summed E-state index contributed by atoms with van der Waals surface area (Å²) in [6.45, 7) is 1.56. The standard InChI is InChI=1S/C29H37N3O7S2/c30-12-15-40(34,35)27-7-3-6-26(17-27)38-21-25(33)19-31-24-18-29(39-20-24)10-13-32(14-11-29)41(36,37)28-9-8-22-4-1-2-5-23(22)16-28/h1-9,16-17,24-25,31,33H,10-15,18-21,30H2. The van der Waals surface area contributed by atoms with Crippen LogP contribution in [0.5, 0.6) is 5.75 Å². The van der Waals surface area contributed by atoms with Crippen LogP contribution in [0.3, 0.4) is 0 Å². The van der Waals surface area contributed by atoms with E-state index in [2.05, 4.69) is 5.32 Å². The highest BCUT2D eigenvalue weighted by Crippen LogP contribution is 2.37. The first-order valence-corrected chi connectivity index (χ1v) is 16.9. The van der Waals surface area contributed by atoms with Crippen molar-refractivity contribution in [3.05, 3.63) is 66.7 Å². The van der Waals surface area contributed by atoms with Gasteiger partial charge in [-0.25, -0.2) is 16.8 Å². The Morgan fingerprint density at radius 3 is 2.51 bits per heavy atom. The molecule has 2 aliphatic heterocycles. The molecule has 10 nitrogen and oxygen atoms in total. The van der Waals surface area contributed by atoms with Crippen LogP contribution in [0.4, 0.5) is 0 Å². The lowest BCUT2D eigenvalue weighted by Crippen LogP contribution is -2.47. The number of sulfonamides is 1. The van der Waals surface area contributed by atoms with Gasteiger partial charge in [-0.3, -0.25) is 0 Å². The van der Waals surface area contributed by atoms with E-state index in [0.717, 1.165) is 17.2 Å². The Kier molecular flexibility index (Phi) is 9.00. The number of sulfone groups is 1. The predicted molar refractivity (Wildman–Crippen MR) is 156 cm³/mol. The molecule has 1 spiro atoms. The minimum atomic E-state index is -3.60. The molecule has 12 heteroatoms. The molecule has 2 saturated heterocycles. The van der Waals surface area contributed by atoms with Gasteiger partial charge in [-0.05, 0) is 60.4 Å². The highest BCUT2D eigenvalue weighted by molar-refractivity contribution is 7.91. The van der Waals surface area contributed by atoms with Crippen molar-refractivity contribution in [3.8, 4) is 5.75 Å². The van der Waals surface area contributed by atoms with E-state index < -0.39 is 26.0 Å². The van der Waals surface area contributed by atoms with Crippen LogP contribution >= 0.6 is 0 Å². The Morgan fingerprint density at radius 1 is 1.00 bits per heavy atom. The number of fused-ring (bicyclic) bond motifs is 1. The second-order valence-electron chi connectivity index (χ2n) is 10.8. The molecule has 222 valence electrons. The summed E-state index contributed by atoms with van der Waals surface area (Å²) in [5, 5.41) is 15.7. The van der Waals surface area contributed by atoms with Crippen molar-refractivity contribution in [2.75, 3.05) is 45.1 Å². The third-order valence-corrected chi connectivity index (χ3v) is 11.5. The molecule has 0 aromatic heterocycles. The maximum Gasteiger partial charge on any atom is 0.243 e. The summed E-state index contributed by atoms with van der Waals surface area (Å²) in [5.74, 6) is 0.211. The number of nitrogens with one attached hydrogen (secondary N) is 1. The van der Waals surface area contributed by atoms with Crippen molar-refractivity contribution < 1.29 is 31.4 Å².